The maximum absolute atomic E-state index is 6.10. The Labute approximate surface area is 135 Å². The van der Waals surface area contributed by atoms with E-state index < -0.39 is 0 Å². The number of halogens is 1. The third-order valence-electron chi connectivity index (χ3n) is 3.60. The highest BCUT2D eigenvalue weighted by molar-refractivity contribution is 6.30. The van der Waals surface area contributed by atoms with E-state index in [9.17, 15) is 0 Å². The van der Waals surface area contributed by atoms with Crippen LogP contribution in [0.25, 0.3) is 11.4 Å². The molecular formula is C16H20ClN3O2. The monoisotopic (exact) mass is 321 g/mol. The average Bonchev–Trinajstić information content (AvgIpc) is 2.99. The first-order chi connectivity index (χ1) is 10.6. The second-order valence-corrected chi connectivity index (χ2v) is 6.20. The Morgan fingerprint density at radius 3 is 2.95 bits per heavy atom. The van der Waals surface area contributed by atoms with Gasteiger partial charge in [0.25, 0.3) is 0 Å². The minimum atomic E-state index is 0.0614. The van der Waals surface area contributed by atoms with Crippen molar-refractivity contribution in [3.63, 3.8) is 0 Å². The first-order valence-corrected chi connectivity index (χ1v) is 8.05. The molecule has 3 rings (SSSR count). The fraction of sp³-hybridized carbons (Fsp3) is 0.500. The number of hydrogen-bond acceptors (Lipinski definition) is 5. The average molecular weight is 322 g/mol. The lowest BCUT2D eigenvalue weighted by Gasteiger charge is -2.19. The number of benzene rings is 1. The van der Waals surface area contributed by atoms with E-state index in [-0.39, 0.29) is 12.1 Å². The minimum Gasteiger partial charge on any atom is -0.490 e. The molecule has 0 spiro atoms. The summed E-state index contributed by atoms with van der Waals surface area (Å²) >= 11 is 6.10. The molecule has 1 saturated heterocycles. The summed E-state index contributed by atoms with van der Waals surface area (Å²) in [6, 6.07) is 5.59. The van der Waals surface area contributed by atoms with Gasteiger partial charge in [-0.15, -0.1) is 0 Å². The zero-order valence-electron chi connectivity index (χ0n) is 12.8. The highest BCUT2D eigenvalue weighted by Gasteiger charge is 2.22. The van der Waals surface area contributed by atoms with E-state index in [4.69, 9.17) is 20.9 Å². The number of nitrogens with zero attached hydrogens (tertiary/aromatic N) is 2. The quantitative estimate of drug-likeness (QED) is 0.922. The summed E-state index contributed by atoms with van der Waals surface area (Å²) in [5.41, 5.74) is 0.756. The molecule has 5 nitrogen and oxygen atoms in total. The van der Waals surface area contributed by atoms with Crippen LogP contribution in [0.5, 0.6) is 5.75 Å². The summed E-state index contributed by atoms with van der Waals surface area (Å²) in [6.45, 7) is 4.94. The van der Waals surface area contributed by atoms with Crippen LogP contribution in [-0.2, 0) is 0 Å². The minimum absolute atomic E-state index is 0.0614. The summed E-state index contributed by atoms with van der Waals surface area (Å²) in [4.78, 5) is 4.53. The highest BCUT2D eigenvalue weighted by atomic mass is 35.5. The molecule has 0 unspecified atom stereocenters. The van der Waals surface area contributed by atoms with Crippen LogP contribution < -0.4 is 10.1 Å². The molecule has 22 heavy (non-hydrogen) atoms. The van der Waals surface area contributed by atoms with Crippen LogP contribution in [0.2, 0.25) is 5.02 Å². The van der Waals surface area contributed by atoms with Gasteiger partial charge in [0.2, 0.25) is 11.7 Å². The van der Waals surface area contributed by atoms with Gasteiger partial charge in [0, 0.05) is 5.02 Å². The lowest BCUT2D eigenvalue weighted by Crippen LogP contribution is -2.26. The smallest absolute Gasteiger partial charge is 0.244 e. The Bertz CT molecular complexity index is 636. The molecule has 0 saturated carbocycles. The Balaban J connectivity index is 1.90. The van der Waals surface area contributed by atoms with Crippen LogP contribution in [0.15, 0.2) is 22.7 Å². The van der Waals surface area contributed by atoms with Crippen LogP contribution in [0.4, 0.5) is 0 Å². The van der Waals surface area contributed by atoms with Gasteiger partial charge in [0.1, 0.15) is 5.75 Å². The van der Waals surface area contributed by atoms with Crippen molar-refractivity contribution in [1.29, 1.82) is 0 Å². The molecule has 1 atom stereocenters. The zero-order valence-corrected chi connectivity index (χ0v) is 13.6. The van der Waals surface area contributed by atoms with Crippen molar-refractivity contribution in [3.05, 3.63) is 29.1 Å². The zero-order chi connectivity index (χ0) is 15.5. The fourth-order valence-electron chi connectivity index (χ4n) is 2.58. The van der Waals surface area contributed by atoms with E-state index in [2.05, 4.69) is 15.5 Å². The van der Waals surface area contributed by atoms with Gasteiger partial charge in [0.05, 0.1) is 17.7 Å². The Kier molecular flexibility index (Phi) is 4.64. The fourth-order valence-corrected chi connectivity index (χ4v) is 2.75. The summed E-state index contributed by atoms with van der Waals surface area (Å²) in [5.74, 6) is 1.86. The second kappa shape index (κ2) is 6.67. The standard InChI is InChI=1S/C16H20ClN3O2/c1-10(2)21-14-7-6-11(17)9-12(14)15-19-16(22-20-15)13-5-3-4-8-18-13/h6-7,9-10,13,18H,3-5,8H2,1-2H3/t13-/m1/s1. The molecule has 1 aromatic heterocycles. The molecule has 0 aliphatic carbocycles. The number of nitrogens with one attached hydrogen (secondary N) is 1. The van der Waals surface area contributed by atoms with Crippen molar-refractivity contribution >= 4 is 11.6 Å². The molecule has 118 valence electrons. The number of rotatable bonds is 4. The van der Waals surface area contributed by atoms with Crippen molar-refractivity contribution < 1.29 is 9.26 Å². The predicted molar refractivity (Wildman–Crippen MR) is 85.1 cm³/mol. The first kappa shape index (κ1) is 15.3. The molecule has 1 aromatic carbocycles. The SMILES string of the molecule is CC(C)Oc1ccc(Cl)cc1-c1noc([C@H]2CCCCN2)n1. The van der Waals surface area contributed by atoms with E-state index in [1.54, 1.807) is 6.07 Å². The van der Waals surface area contributed by atoms with Crippen molar-refractivity contribution in [2.24, 2.45) is 0 Å². The van der Waals surface area contributed by atoms with E-state index in [1.807, 2.05) is 26.0 Å². The molecule has 1 N–H and O–H groups in total. The second-order valence-electron chi connectivity index (χ2n) is 5.77. The van der Waals surface area contributed by atoms with Crippen LogP contribution in [0, 0.1) is 0 Å². The lowest BCUT2D eigenvalue weighted by atomic mass is 10.1. The summed E-state index contributed by atoms with van der Waals surface area (Å²) in [7, 11) is 0. The molecular weight excluding hydrogens is 302 g/mol. The number of aromatic nitrogens is 2. The summed E-state index contributed by atoms with van der Waals surface area (Å²) in [6.07, 6.45) is 3.45. The Hall–Kier alpha value is -1.59. The maximum Gasteiger partial charge on any atom is 0.244 e. The van der Waals surface area contributed by atoms with Gasteiger partial charge in [-0.2, -0.15) is 4.98 Å². The van der Waals surface area contributed by atoms with Gasteiger partial charge in [-0.1, -0.05) is 23.2 Å². The third kappa shape index (κ3) is 3.42. The van der Waals surface area contributed by atoms with Gasteiger partial charge in [-0.25, -0.2) is 0 Å². The normalized spacial score (nSPS) is 18.6. The Morgan fingerprint density at radius 1 is 1.36 bits per heavy atom. The number of ether oxygens (including phenoxy) is 1. The molecule has 1 aliphatic heterocycles. The molecule has 0 radical (unpaired) electrons. The van der Waals surface area contributed by atoms with Crippen molar-refractivity contribution in [2.75, 3.05) is 6.54 Å². The lowest BCUT2D eigenvalue weighted by molar-refractivity contribution is 0.243. The van der Waals surface area contributed by atoms with Crippen LogP contribution in [-0.4, -0.2) is 22.8 Å². The van der Waals surface area contributed by atoms with Crippen molar-refractivity contribution in [3.8, 4) is 17.1 Å². The van der Waals surface area contributed by atoms with Gasteiger partial charge in [-0.05, 0) is 51.4 Å². The largest absolute Gasteiger partial charge is 0.490 e. The first-order valence-electron chi connectivity index (χ1n) is 7.67. The maximum atomic E-state index is 6.10. The summed E-state index contributed by atoms with van der Waals surface area (Å²) in [5, 5.41) is 8.13. The summed E-state index contributed by atoms with van der Waals surface area (Å²) < 4.78 is 11.2. The topological polar surface area (TPSA) is 60.2 Å². The van der Waals surface area contributed by atoms with Crippen molar-refractivity contribution in [1.82, 2.24) is 15.5 Å². The van der Waals surface area contributed by atoms with Gasteiger partial charge in [0.15, 0.2) is 0 Å². The van der Waals surface area contributed by atoms with E-state index in [0.29, 0.717) is 22.5 Å². The van der Waals surface area contributed by atoms with Crippen LogP contribution in [0.3, 0.4) is 0 Å². The molecule has 0 amide bonds. The number of piperidine rings is 1. The third-order valence-corrected chi connectivity index (χ3v) is 3.83. The van der Waals surface area contributed by atoms with Crippen LogP contribution >= 0.6 is 11.6 Å². The van der Waals surface area contributed by atoms with E-state index >= 15 is 0 Å². The van der Waals surface area contributed by atoms with Crippen molar-refractivity contribution in [2.45, 2.75) is 45.3 Å². The highest BCUT2D eigenvalue weighted by Crippen LogP contribution is 2.32. The predicted octanol–water partition coefficient (Wildman–Crippen LogP) is 3.99. The molecule has 2 heterocycles. The van der Waals surface area contributed by atoms with Gasteiger partial charge in [-0.3, -0.25) is 0 Å². The van der Waals surface area contributed by atoms with Gasteiger partial charge < -0.3 is 14.6 Å². The van der Waals surface area contributed by atoms with E-state index in [1.165, 1.54) is 12.8 Å². The molecule has 1 fully saturated rings. The number of hydrogen-bond donors (Lipinski definition) is 1. The molecule has 2 aromatic rings. The van der Waals surface area contributed by atoms with Crippen LogP contribution in [0.1, 0.15) is 45.0 Å². The molecule has 0 bridgehead atoms. The molecule has 6 heteroatoms. The van der Waals surface area contributed by atoms with E-state index in [0.717, 1.165) is 18.5 Å². The van der Waals surface area contributed by atoms with Gasteiger partial charge >= 0.3 is 0 Å². The Morgan fingerprint density at radius 2 is 2.23 bits per heavy atom. The molecule has 1 aliphatic rings.